The van der Waals surface area contributed by atoms with Crippen LogP contribution in [0.25, 0.3) is 0 Å². The highest BCUT2D eigenvalue weighted by Gasteiger charge is 2.26. The Balaban J connectivity index is 3.17. The zero-order chi connectivity index (χ0) is 10.8. The van der Waals surface area contributed by atoms with E-state index < -0.39 is 12.7 Å². The normalized spacial score (nSPS) is 16.0. The topological polar surface area (TPSA) is 29.4 Å². The monoisotopic (exact) mass is 293 g/mol. The van der Waals surface area contributed by atoms with Gasteiger partial charge in [0.05, 0.1) is 5.30 Å². The predicted molar refractivity (Wildman–Crippen MR) is 61.7 cm³/mol. The van der Waals surface area contributed by atoms with Gasteiger partial charge in [-0.2, -0.15) is 8.71 Å². The molecule has 0 spiro atoms. The van der Waals surface area contributed by atoms with Crippen LogP contribution in [0.1, 0.15) is 0 Å². The average Bonchev–Trinajstić information content (AvgIpc) is 2.01. The summed E-state index contributed by atoms with van der Waals surface area (Å²) in [5, 5.41) is -3.36. The van der Waals surface area contributed by atoms with Crippen molar-refractivity contribution < 1.29 is 8.76 Å². The van der Waals surface area contributed by atoms with E-state index in [0.717, 1.165) is 0 Å². The first kappa shape index (κ1) is 12.5. The standard InChI is InChI=1S/C6H5Cl3FNOP2/c7-14(8,9)11-13(10,12)6-4-2-1-3-5-6/h1-5H. The molecule has 1 aromatic carbocycles. The van der Waals surface area contributed by atoms with Crippen molar-refractivity contribution in [1.29, 1.82) is 0 Å². The van der Waals surface area contributed by atoms with E-state index in [2.05, 4.69) is 4.52 Å². The minimum Gasteiger partial charge on any atom is -0.256 e. The average molecular weight is 294 g/mol. The number of benzene rings is 1. The van der Waals surface area contributed by atoms with Crippen LogP contribution < -0.4 is 5.30 Å². The maximum Gasteiger partial charge on any atom is 0.382 e. The molecule has 0 radical (unpaired) electrons. The third-order valence-electron chi connectivity index (χ3n) is 1.29. The molecule has 1 unspecified atom stereocenters. The van der Waals surface area contributed by atoms with Crippen molar-refractivity contribution >= 4 is 51.7 Å². The van der Waals surface area contributed by atoms with Crippen LogP contribution in [-0.2, 0) is 4.57 Å². The van der Waals surface area contributed by atoms with Gasteiger partial charge in [0.15, 0.2) is 0 Å². The Hall–Kier alpha value is 0.480. The van der Waals surface area contributed by atoms with Gasteiger partial charge in [-0.15, -0.1) is 0 Å². The zero-order valence-electron chi connectivity index (χ0n) is 6.65. The lowest BCUT2D eigenvalue weighted by Crippen LogP contribution is -1.96. The fourth-order valence-corrected chi connectivity index (χ4v) is 5.14. The number of nitrogens with zero attached hydrogens (tertiary/aromatic N) is 1. The maximum absolute atomic E-state index is 13.5. The summed E-state index contributed by atoms with van der Waals surface area (Å²) in [6, 6.07) is 7.41. The van der Waals surface area contributed by atoms with E-state index in [0.29, 0.717) is 0 Å². The highest BCUT2D eigenvalue weighted by atomic mass is 36.0. The van der Waals surface area contributed by atoms with Crippen molar-refractivity contribution in [1.82, 2.24) is 0 Å². The van der Waals surface area contributed by atoms with Crippen LogP contribution in [0.2, 0.25) is 0 Å². The van der Waals surface area contributed by atoms with E-state index in [4.69, 9.17) is 33.7 Å². The Morgan fingerprint density at radius 3 is 2.07 bits per heavy atom. The summed E-state index contributed by atoms with van der Waals surface area (Å²) in [6.07, 6.45) is 0. The van der Waals surface area contributed by atoms with Crippen molar-refractivity contribution in [2.24, 2.45) is 4.52 Å². The third-order valence-corrected chi connectivity index (χ3v) is 5.78. The molecule has 0 saturated carbocycles. The molecule has 0 fully saturated rings. The van der Waals surface area contributed by atoms with Gasteiger partial charge in [0.1, 0.15) is 0 Å². The van der Waals surface area contributed by atoms with Crippen LogP contribution in [0.3, 0.4) is 0 Å². The first-order chi connectivity index (χ1) is 6.31. The Bertz CT molecular complexity index is 410. The van der Waals surface area contributed by atoms with Crippen molar-refractivity contribution in [3.05, 3.63) is 30.3 Å². The Morgan fingerprint density at radius 1 is 1.14 bits per heavy atom. The SMILES string of the molecule is O=P(F)(N=P(Cl)(Cl)Cl)c1ccccc1. The molecule has 8 heteroatoms. The molecule has 0 aliphatic heterocycles. The molecule has 0 aromatic heterocycles. The summed E-state index contributed by atoms with van der Waals surface area (Å²) in [4.78, 5) is 0. The van der Waals surface area contributed by atoms with Crippen molar-refractivity contribution in [2.75, 3.05) is 0 Å². The second-order valence-electron chi connectivity index (χ2n) is 2.35. The Labute approximate surface area is 95.3 Å². The van der Waals surface area contributed by atoms with Gasteiger partial charge in [-0.05, 0) is 45.9 Å². The van der Waals surface area contributed by atoms with Crippen LogP contribution in [0.15, 0.2) is 34.8 Å². The number of rotatable bonds is 2. The van der Waals surface area contributed by atoms with Gasteiger partial charge in [0.25, 0.3) is 0 Å². The van der Waals surface area contributed by atoms with Gasteiger partial charge < -0.3 is 0 Å². The van der Waals surface area contributed by atoms with Gasteiger partial charge in [0, 0.05) is 0 Å². The summed E-state index contributed by atoms with van der Waals surface area (Å²) in [5.74, 6) is 0. The molecular weight excluding hydrogens is 289 g/mol. The third kappa shape index (κ3) is 3.92. The lowest BCUT2D eigenvalue weighted by Gasteiger charge is -2.05. The van der Waals surface area contributed by atoms with Crippen LogP contribution in [0.4, 0.5) is 4.20 Å². The summed E-state index contributed by atoms with van der Waals surface area (Å²) >= 11 is 16.0. The molecule has 0 heterocycles. The minimum atomic E-state index is -4.39. The molecule has 14 heavy (non-hydrogen) atoms. The molecule has 0 saturated heterocycles. The highest BCUT2D eigenvalue weighted by molar-refractivity contribution is 8.27. The van der Waals surface area contributed by atoms with Crippen LogP contribution in [0, 0.1) is 0 Å². The van der Waals surface area contributed by atoms with Crippen LogP contribution in [-0.4, -0.2) is 0 Å². The van der Waals surface area contributed by atoms with Gasteiger partial charge >= 0.3 is 7.60 Å². The summed E-state index contributed by atoms with van der Waals surface area (Å²) in [5.41, 5.74) is 0. The van der Waals surface area contributed by atoms with Crippen molar-refractivity contribution in [3.63, 3.8) is 0 Å². The molecule has 0 amide bonds. The molecule has 0 bridgehead atoms. The molecular formula is C6H5Cl3FNOP2. The molecule has 1 aromatic rings. The van der Waals surface area contributed by atoms with E-state index in [1.807, 2.05) is 0 Å². The maximum atomic E-state index is 13.5. The number of hydrogen-bond donors (Lipinski definition) is 0. The number of hydrogen-bond acceptors (Lipinski definition) is 1. The van der Waals surface area contributed by atoms with E-state index in [1.165, 1.54) is 24.3 Å². The molecule has 1 rings (SSSR count). The summed E-state index contributed by atoms with van der Waals surface area (Å²) in [6.45, 7) is 0. The van der Waals surface area contributed by atoms with E-state index in [1.54, 1.807) is 6.07 Å². The minimum absolute atomic E-state index is 0.0636. The lowest BCUT2D eigenvalue weighted by molar-refractivity contribution is 0.552. The zero-order valence-corrected chi connectivity index (χ0v) is 10.7. The molecule has 0 aliphatic rings. The van der Waals surface area contributed by atoms with Crippen LogP contribution >= 0.6 is 46.4 Å². The summed E-state index contributed by atoms with van der Waals surface area (Å²) < 4.78 is 28.0. The molecule has 0 N–H and O–H groups in total. The second-order valence-corrected chi connectivity index (χ2v) is 11.4. The smallest absolute Gasteiger partial charge is 0.256 e. The van der Waals surface area contributed by atoms with E-state index in [-0.39, 0.29) is 5.30 Å². The van der Waals surface area contributed by atoms with Gasteiger partial charge in [0.2, 0.25) is 5.11 Å². The predicted octanol–water partition coefficient (Wildman–Crippen LogP) is 5.14. The van der Waals surface area contributed by atoms with Crippen molar-refractivity contribution in [3.8, 4) is 0 Å². The van der Waals surface area contributed by atoms with Crippen molar-refractivity contribution in [2.45, 2.75) is 0 Å². The lowest BCUT2D eigenvalue weighted by atomic mass is 10.4. The Kier molecular flexibility index (Phi) is 4.08. The highest BCUT2D eigenvalue weighted by Crippen LogP contribution is 2.72. The fraction of sp³-hybridized carbons (Fsp3) is 0. The first-order valence-electron chi connectivity index (χ1n) is 3.39. The van der Waals surface area contributed by atoms with Crippen LogP contribution in [0.5, 0.6) is 0 Å². The van der Waals surface area contributed by atoms with Gasteiger partial charge in [-0.1, -0.05) is 18.2 Å². The van der Waals surface area contributed by atoms with E-state index in [9.17, 15) is 8.76 Å². The second kappa shape index (κ2) is 4.55. The number of halogens is 4. The van der Waals surface area contributed by atoms with E-state index >= 15 is 0 Å². The molecule has 2 nitrogen and oxygen atoms in total. The Morgan fingerprint density at radius 2 is 1.64 bits per heavy atom. The molecule has 1 atom stereocenters. The quantitative estimate of drug-likeness (QED) is 0.695. The molecule has 78 valence electrons. The van der Waals surface area contributed by atoms with Gasteiger partial charge in [-0.3, -0.25) is 4.57 Å². The fourth-order valence-electron chi connectivity index (χ4n) is 0.794. The van der Waals surface area contributed by atoms with Gasteiger partial charge in [-0.25, -0.2) is 0 Å². The first-order valence-corrected chi connectivity index (χ1v) is 9.40. The molecule has 0 aliphatic carbocycles. The summed E-state index contributed by atoms with van der Waals surface area (Å²) in [7, 11) is -4.39. The largest absolute Gasteiger partial charge is 0.382 e.